The van der Waals surface area contributed by atoms with Crippen molar-refractivity contribution in [2.75, 3.05) is 32.8 Å². The van der Waals surface area contributed by atoms with Crippen molar-refractivity contribution in [3.8, 4) is 11.5 Å². The number of hydrogen-bond acceptors (Lipinski definition) is 4. The second-order valence-corrected chi connectivity index (χ2v) is 6.49. The zero-order chi connectivity index (χ0) is 14.1. The summed E-state index contributed by atoms with van der Waals surface area (Å²) < 4.78 is 11.5. The number of nitrogens with one attached hydrogen (secondary N) is 1. The van der Waals surface area contributed by atoms with Crippen molar-refractivity contribution in [2.45, 2.75) is 31.8 Å². The van der Waals surface area contributed by atoms with E-state index in [9.17, 15) is 0 Å². The summed E-state index contributed by atoms with van der Waals surface area (Å²) in [6.07, 6.45) is 3.68. The molecule has 0 radical (unpaired) electrons. The fourth-order valence-electron chi connectivity index (χ4n) is 3.83. The van der Waals surface area contributed by atoms with Crippen LogP contribution in [-0.4, -0.2) is 43.8 Å². The predicted octanol–water partition coefficient (Wildman–Crippen LogP) is 2.03. The molecule has 3 aliphatic heterocycles. The third kappa shape index (κ3) is 2.87. The second kappa shape index (κ2) is 5.85. The third-order valence-electron chi connectivity index (χ3n) is 4.89. The van der Waals surface area contributed by atoms with Gasteiger partial charge in [0, 0.05) is 32.1 Å². The lowest BCUT2D eigenvalue weighted by atomic mass is 9.94. The summed E-state index contributed by atoms with van der Waals surface area (Å²) in [5.74, 6) is 2.66. The summed E-state index contributed by atoms with van der Waals surface area (Å²) >= 11 is 0. The summed E-state index contributed by atoms with van der Waals surface area (Å²) in [7, 11) is 0. The molecule has 2 fully saturated rings. The van der Waals surface area contributed by atoms with E-state index in [0.29, 0.717) is 6.04 Å². The molecule has 4 rings (SSSR count). The molecule has 4 heteroatoms. The molecule has 0 bridgehead atoms. The molecule has 3 aliphatic rings. The summed E-state index contributed by atoms with van der Waals surface area (Å²) in [5.41, 5.74) is 1.33. The van der Waals surface area contributed by atoms with Crippen LogP contribution in [0, 0.1) is 5.92 Å². The maximum atomic E-state index is 5.79. The number of hydrogen-bond donors (Lipinski definition) is 1. The number of benzene rings is 1. The molecule has 0 aliphatic carbocycles. The standard InChI is InChI=1S/C17H24N2O2/c1-3-14-11-19(12-15(14)18-6-1)10-13-4-5-16-17(9-13)21-8-2-7-20-16/h4-5,9,14-15,18H,1-3,6-8,10-12H2/t14-,15+/m0/s1. The number of likely N-dealkylation sites (tertiary alicyclic amines) is 1. The van der Waals surface area contributed by atoms with E-state index < -0.39 is 0 Å². The largest absolute Gasteiger partial charge is 0.490 e. The van der Waals surface area contributed by atoms with Crippen LogP contribution in [0.3, 0.4) is 0 Å². The molecule has 0 amide bonds. The van der Waals surface area contributed by atoms with Gasteiger partial charge in [0.1, 0.15) is 0 Å². The van der Waals surface area contributed by atoms with Crippen LogP contribution in [0.25, 0.3) is 0 Å². The Balaban J connectivity index is 1.44. The highest BCUT2D eigenvalue weighted by atomic mass is 16.5. The minimum atomic E-state index is 0.708. The summed E-state index contributed by atoms with van der Waals surface area (Å²) in [6.45, 7) is 6.14. The van der Waals surface area contributed by atoms with Gasteiger partial charge in [-0.25, -0.2) is 0 Å². The molecule has 3 heterocycles. The molecule has 1 aromatic carbocycles. The normalized spacial score (nSPS) is 29.0. The van der Waals surface area contributed by atoms with Crippen LogP contribution in [-0.2, 0) is 6.54 Å². The monoisotopic (exact) mass is 288 g/mol. The molecule has 0 unspecified atom stereocenters. The van der Waals surface area contributed by atoms with E-state index in [1.54, 1.807) is 0 Å². The van der Waals surface area contributed by atoms with Gasteiger partial charge in [0.25, 0.3) is 0 Å². The van der Waals surface area contributed by atoms with Crippen LogP contribution in [0.2, 0.25) is 0 Å². The van der Waals surface area contributed by atoms with Crippen molar-refractivity contribution in [1.29, 1.82) is 0 Å². The first-order valence-corrected chi connectivity index (χ1v) is 8.23. The Hall–Kier alpha value is -1.26. The molecular formula is C17H24N2O2. The van der Waals surface area contributed by atoms with Gasteiger partial charge in [0.2, 0.25) is 0 Å². The van der Waals surface area contributed by atoms with Crippen molar-refractivity contribution in [2.24, 2.45) is 5.92 Å². The minimum absolute atomic E-state index is 0.708. The van der Waals surface area contributed by atoms with E-state index >= 15 is 0 Å². The number of piperidine rings is 1. The summed E-state index contributed by atoms with van der Waals surface area (Å²) in [5, 5.41) is 3.67. The minimum Gasteiger partial charge on any atom is -0.490 e. The van der Waals surface area contributed by atoms with Gasteiger partial charge >= 0.3 is 0 Å². The zero-order valence-electron chi connectivity index (χ0n) is 12.5. The van der Waals surface area contributed by atoms with Gasteiger partial charge in [0.15, 0.2) is 11.5 Å². The zero-order valence-corrected chi connectivity index (χ0v) is 12.5. The fraction of sp³-hybridized carbons (Fsp3) is 0.647. The van der Waals surface area contributed by atoms with E-state index in [0.717, 1.165) is 43.6 Å². The molecule has 114 valence electrons. The third-order valence-corrected chi connectivity index (χ3v) is 4.89. The van der Waals surface area contributed by atoms with E-state index in [2.05, 4.69) is 28.4 Å². The molecule has 0 spiro atoms. The number of ether oxygens (including phenoxy) is 2. The van der Waals surface area contributed by atoms with Crippen LogP contribution in [0.1, 0.15) is 24.8 Å². The van der Waals surface area contributed by atoms with Crippen LogP contribution in [0.5, 0.6) is 11.5 Å². The molecule has 2 saturated heterocycles. The van der Waals surface area contributed by atoms with Crippen molar-refractivity contribution in [1.82, 2.24) is 10.2 Å². The number of rotatable bonds is 2. The number of fused-ring (bicyclic) bond motifs is 2. The Morgan fingerprint density at radius 3 is 2.90 bits per heavy atom. The van der Waals surface area contributed by atoms with Gasteiger partial charge in [-0.2, -0.15) is 0 Å². The lowest BCUT2D eigenvalue weighted by Gasteiger charge is -2.24. The fourth-order valence-corrected chi connectivity index (χ4v) is 3.83. The molecule has 0 aromatic heterocycles. The first-order valence-electron chi connectivity index (χ1n) is 8.23. The molecule has 1 aromatic rings. The maximum absolute atomic E-state index is 5.79. The summed E-state index contributed by atoms with van der Waals surface area (Å²) in [4.78, 5) is 2.58. The van der Waals surface area contributed by atoms with Gasteiger partial charge in [0.05, 0.1) is 13.2 Å². The molecule has 21 heavy (non-hydrogen) atoms. The van der Waals surface area contributed by atoms with Crippen molar-refractivity contribution in [3.05, 3.63) is 23.8 Å². The Labute approximate surface area is 126 Å². The second-order valence-electron chi connectivity index (χ2n) is 6.49. The quantitative estimate of drug-likeness (QED) is 0.903. The van der Waals surface area contributed by atoms with Gasteiger partial charge in [-0.05, 0) is 43.0 Å². The molecular weight excluding hydrogens is 264 g/mol. The molecule has 4 nitrogen and oxygen atoms in total. The van der Waals surface area contributed by atoms with E-state index in [1.165, 1.54) is 38.0 Å². The van der Waals surface area contributed by atoms with Crippen LogP contribution >= 0.6 is 0 Å². The Kier molecular flexibility index (Phi) is 3.74. The van der Waals surface area contributed by atoms with Crippen LogP contribution in [0.15, 0.2) is 18.2 Å². The van der Waals surface area contributed by atoms with Gasteiger partial charge in [-0.1, -0.05) is 6.07 Å². The Morgan fingerprint density at radius 2 is 2.00 bits per heavy atom. The Bertz CT molecular complexity index is 492. The molecule has 2 atom stereocenters. The first kappa shape index (κ1) is 13.4. The van der Waals surface area contributed by atoms with Gasteiger partial charge < -0.3 is 14.8 Å². The Morgan fingerprint density at radius 1 is 1.10 bits per heavy atom. The molecule has 0 saturated carbocycles. The van der Waals surface area contributed by atoms with E-state index in [-0.39, 0.29) is 0 Å². The van der Waals surface area contributed by atoms with Crippen LogP contribution < -0.4 is 14.8 Å². The maximum Gasteiger partial charge on any atom is 0.161 e. The van der Waals surface area contributed by atoms with E-state index in [4.69, 9.17) is 9.47 Å². The van der Waals surface area contributed by atoms with Gasteiger partial charge in [-0.3, -0.25) is 4.90 Å². The lowest BCUT2D eigenvalue weighted by molar-refractivity contribution is 0.296. The smallest absolute Gasteiger partial charge is 0.161 e. The van der Waals surface area contributed by atoms with E-state index in [1.807, 2.05) is 0 Å². The van der Waals surface area contributed by atoms with Gasteiger partial charge in [-0.15, -0.1) is 0 Å². The highest BCUT2D eigenvalue weighted by molar-refractivity contribution is 5.43. The van der Waals surface area contributed by atoms with Crippen molar-refractivity contribution < 1.29 is 9.47 Å². The van der Waals surface area contributed by atoms with Crippen molar-refractivity contribution >= 4 is 0 Å². The molecule has 1 N–H and O–H groups in total. The average molecular weight is 288 g/mol. The average Bonchev–Trinajstić information content (AvgIpc) is 2.75. The lowest BCUT2D eigenvalue weighted by Crippen LogP contribution is -2.40. The predicted molar refractivity (Wildman–Crippen MR) is 81.8 cm³/mol. The van der Waals surface area contributed by atoms with Crippen LogP contribution in [0.4, 0.5) is 0 Å². The number of nitrogens with zero attached hydrogens (tertiary/aromatic N) is 1. The van der Waals surface area contributed by atoms with Crippen molar-refractivity contribution in [3.63, 3.8) is 0 Å². The first-order chi connectivity index (χ1) is 10.4. The summed E-state index contributed by atoms with van der Waals surface area (Å²) in [6, 6.07) is 7.12. The topological polar surface area (TPSA) is 33.7 Å². The highest BCUT2D eigenvalue weighted by Crippen LogP contribution is 2.32. The highest BCUT2D eigenvalue weighted by Gasteiger charge is 2.33. The SMILES string of the molecule is c1cc2c(cc1CN1C[C@@H]3CCCN[C@@H]3C1)OCCCO2.